The zero-order chi connectivity index (χ0) is 11.4. The number of hydrogen-bond donors (Lipinski definition) is 1. The Labute approximate surface area is 89.7 Å². The number of halogens is 1. The number of aryl methyl sites for hydroxylation is 1. The van der Waals surface area contributed by atoms with E-state index in [-0.39, 0.29) is 18.0 Å². The van der Waals surface area contributed by atoms with Crippen LogP contribution in [0.5, 0.6) is 5.75 Å². The second-order valence-corrected chi connectivity index (χ2v) is 3.92. The van der Waals surface area contributed by atoms with E-state index in [2.05, 4.69) is 0 Å². The van der Waals surface area contributed by atoms with Crippen molar-refractivity contribution in [3.05, 3.63) is 29.6 Å². The molecule has 1 aromatic carbocycles. The van der Waals surface area contributed by atoms with Gasteiger partial charge in [0.05, 0.1) is 12.2 Å². The highest BCUT2D eigenvalue weighted by Crippen LogP contribution is 2.18. The fourth-order valence-electron chi connectivity index (χ4n) is 1.45. The highest BCUT2D eigenvalue weighted by Gasteiger charge is 2.08. The molecular weight excluding hydrogens is 195 g/mol. The SMILES string of the molecule is Cc1cc(OC(C)CC(C)O)ccc1F. The smallest absolute Gasteiger partial charge is 0.126 e. The Kier molecular flexibility index (Phi) is 4.09. The fraction of sp³-hybridized carbons (Fsp3) is 0.500. The minimum atomic E-state index is -0.387. The lowest BCUT2D eigenvalue weighted by Crippen LogP contribution is -2.18. The molecule has 0 saturated carbocycles. The zero-order valence-corrected chi connectivity index (χ0v) is 9.33. The summed E-state index contributed by atoms with van der Waals surface area (Å²) in [6.07, 6.45) is 0.104. The average molecular weight is 212 g/mol. The molecule has 0 spiro atoms. The van der Waals surface area contributed by atoms with E-state index >= 15 is 0 Å². The highest BCUT2D eigenvalue weighted by atomic mass is 19.1. The first-order chi connectivity index (χ1) is 6.99. The maximum atomic E-state index is 13.0. The predicted molar refractivity (Wildman–Crippen MR) is 57.5 cm³/mol. The summed E-state index contributed by atoms with van der Waals surface area (Å²) in [5.74, 6) is 0.410. The van der Waals surface area contributed by atoms with Crippen molar-refractivity contribution in [2.45, 2.75) is 39.4 Å². The van der Waals surface area contributed by atoms with E-state index in [9.17, 15) is 4.39 Å². The van der Waals surface area contributed by atoms with Gasteiger partial charge in [-0.25, -0.2) is 4.39 Å². The van der Waals surface area contributed by atoms with E-state index in [1.54, 1.807) is 26.0 Å². The molecule has 0 aromatic heterocycles. The molecule has 0 amide bonds. The van der Waals surface area contributed by atoms with Crippen LogP contribution in [-0.4, -0.2) is 17.3 Å². The first-order valence-electron chi connectivity index (χ1n) is 5.10. The molecule has 2 unspecified atom stereocenters. The zero-order valence-electron chi connectivity index (χ0n) is 9.33. The first-order valence-corrected chi connectivity index (χ1v) is 5.10. The lowest BCUT2D eigenvalue weighted by atomic mass is 10.2. The molecule has 2 atom stereocenters. The van der Waals surface area contributed by atoms with Crippen LogP contribution in [0.25, 0.3) is 0 Å². The summed E-state index contributed by atoms with van der Waals surface area (Å²) in [6.45, 7) is 5.29. The summed E-state index contributed by atoms with van der Waals surface area (Å²) in [5.41, 5.74) is 0.566. The molecule has 0 aliphatic rings. The van der Waals surface area contributed by atoms with Crippen molar-refractivity contribution in [1.82, 2.24) is 0 Å². The van der Waals surface area contributed by atoms with E-state index < -0.39 is 0 Å². The summed E-state index contributed by atoms with van der Waals surface area (Å²) in [6, 6.07) is 4.65. The van der Waals surface area contributed by atoms with Crippen molar-refractivity contribution in [1.29, 1.82) is 0 Å². The molecule has 0 bridgehead atoms. The number of rotatable bonds is 4. The summed E-state index contributed by atoms with van der Waals surface area (Å²) >= 11 is 0. The topological polar surface area (TPSA) is 29.5 Å². The van der Waals surface area contributed by atoms with Crippen LogP contribution in [0.3, 0.4) is 0 Å². The Hall–Kier alpha value is -1.09. The molecule has 0 aliphatic carbocycles. The predicted octanol–water partition coefficient (Wildman–Crippen LogP) is 2.67. The summed E-state index contributed by atoms with van der Waals surface area (Å²) in [4.78, 5) is 0. The molecule has 2 nitrogen and oxygen atoms in total. The molecule has 0 heterocycles. The van der Waals surface area contributed by atoms with Crippen molar-refractivity contribution >= 4 is 0 Å². The Morgan fingerprint density at radius 2 is 2.07 bits per heavy atom. The van der Waals surface area contributed by atoms with Gasteiger partial charge in [0.1, 0.15) is 11.6 Å². The average Bonchev–Trinajstić information content (AvgIpc) is 2.10. The minimum absolute atomic E-state index is 0.0742. The van der Waals surface area contributed by atoms with Crippen LogP contribution < -0.4 is 4.74 Å². The van der Waals surface area contributed by atoms with Gasteiger partial charge in [-0.1, -0.05) is 0 Å². The number of aliphatic hydroxyl groups is 1. The normalized spacial score (nSPS) is 14.7. The van der Waals surface area contributed by atoms with Gasteiger partial charge in [-0.3, -0.25) is 0 Å². The van der Waals surface area contributed by atoms with E-state index in [1.165, 1.54) is 6.07 Å². The van der Waals surface area contributed by atoms with Crippen LogP contribution in [0.2, 0.25) is 0 Å². The van der Waals surface area contributed by atoms with Crippen LogP contribution in [0, 0.1) is 12.7 Å². The summed E-state index contributed by atoms with van der Waals surface area (Å²) in [7, 11) is 0. The molecule has 3 heteroatoms. The number of benzene rings is 1. The van der Waals surface area contributed by atoms with Gasteiger partial charge in [0, 0.05) is 6.42 Å². The lowest BCUT2D eigenvalue weighted by Gasteiger charge is -2.16. The van der Waals surface area contributed by atoms with Gasteiger partial charge >= 0.3 is 0 Å². The molecule has 15 heavy (non-hydrogen) atoms. The van der Waals surface area contributed by atoms with Gasteiger partial charge in [-0.2, -0.15) is 0 Å². The fourth-order valence-corrected chi connectivity index (χ4v) is 1.45. The largest absolute Gasteiger partial charge is 0.491 e. The highest BCUT2D eigenvalue weighted by molar-refractivity contribution is 5.28. The maximum absolute atomic E-state index is 13.0. The van der Waals surface area contributed by atoms with Crippen molar-refractivity contribution in [3.63, 3.8) is 0 Å². The molecule has 84 valence electrons. The number of hydrogen-bond acceptors (Lipinski definition) is 2. The first kappa shape index (κ1) is 12.0. The third kappa shape index (κ3) is 3.88. The van der Waals surface area contributed by atoms with Gasteiger partial charge in [0.15, 0.2) is 0 Å². The molecule has 0 saturated heterocycles. The van der Waals surface area contributed by atoms with E-state index in [0.717, 1.165) is 0 Å². The monoisotopic (exact) mass is 212 g/mol. The van der Waals surface area contributed by atoms with Gasteiger partial charge in [-0.05, 0) is 44.5 Å². The molecule has 1 aromatic rings. The van der Waals surface area contributed by atoms with E-state index in [4.69, 9.17) is 9.84 Å². The van der Waals surface area contributed by atoms with Crippen LogP contribution in [-0.2, 0) is 0 Å². The van der Waals surface area contributed by atoms with Crippen LogP contribution in [0.1, 0.15) is 25.8 Å². The number of aliphatic hydroxyl groups excluding tert-OH is 1. The van der Waals surface area contributed by atoms with E-state index in [1.807, 2.05) is 6.92 Å². The molecular formula is C12H17FO2. The summed E-state index contributed by atoms with van der Waals surface area (Å²) < 4.78 is 18.5. The van der Waals surface area contributed by atoms with Crippen LogP contribution in [0.4, 0.5) is 4.39 Å². The van der Waals surface area contributed by atoms with Crippen molar-refractivity contribution in [3.8, 4) is 5.75 Å². The van der Waals surface area contributed by atoms with Crippen molar-refractivity contribution < 1.29 is 14.2 Å². The molecule has 0 radical (unpaired) electrons. The Balaban J connectivity index is 2.60. The minimum Gasteiger partial charge on any atom is -0.491 e. The van der Waals surface area contributed by atoms with Crippen LogP contribution >= 0.6 is 0 Å². The lowest BCUT2D eigenvalue weighted by molar-refractivity contribution is 0.115. The third-order valence-electron chi connectivity index (χ3n) is 2.14. The molecule has 1 N–H and O–H groups in total. The van der Waals surface area contributed by atoms with Gasteiger partial charge in [-0.15, -0.1) is 0 Å². The molecule has 0 fully saturated rings. The molecule has 1 rings (SSSR count). The number of ether oxygens (including phenoxy) is 1. The van der Waals surface area contributed by atoms with Crippen LogP contribution in [0.15, 0.2) is 18.2 Å². The van der Waals surface area contributed by atoms with Crippen molar-refractivity contribution in [2.24, 2.45) is 0 Å². The van der Waals surface area contributed by atoms with Gasteiger partial charge < -0.3 is 9.84 Å². The Morgan fingerprint density at radius 3 is 2.60 bits per heavy atom. The summed E-state index contributed by atoms with van der Waals surface area (Å²) in [5, 5.41) is 9.16. The Bertz CT molecular complexity index is 323. The third-order valence-corrected chi connectivity index (χ3v) is 2.14. The quantitative estimate of drug-likeness (QED) is 0.831. The second-order valence-electron chi connectivity index (χ2n) is 3.92. The Morgan fingerprint density at radius 1 is 1.40 bits per heavy atom. The standard InChI is InChI=1S/C12H17FO2/c1-8-6-11(4-5-12(8)13)15-10(3)7-9(2)14/h4-6,9-10,14H,7H2,1-3H3. The second kappa shape index (κ2) is 5.12. The van der Waals surface area contributed by atoms with Gasteiger partial charge in [0.25, 0.3) is 0 Å². The van der Waals surface area contributed by atoms with Gasteiger partial charge in [0.2, 0.25) is 0 Å². The van der Waals surface area contributed by atoms with E-state index in [0.29, 0.717) is 17.7 Å². The maximum Gasteiger partial charge on any atom is 0.126 e. The molecule has 0 aliphatic heterocycles. The van der Waals surface area contributed by atoms with Crippen molar-refractivity contribution in [2.75, 3.05) is 0 Å².